The number of amidine groups is 1. The van der Waals surface area contributed by atoms with E-state index in [2.05, 4.69) is 24.2 Å². The number of hydrogen-bond donors (Lipinski definition) is 1. The maximum atomic E-state index is 4.43. The molecule has 2 nitrogen and oxygen atoms in total. The second-order valence-corrected chi connectivity index (χ2v) is 3.89. The second kappa shape index (κ2) is 5.18. The SMILES string of the molecule is CC(C)CCNC1=NCCCC1. The second-order valence-electron chi connectivity index (χ2n) is 3.89. The summed E-state index contributed by atoms with van der Waals surface area (Å²) in [7, 11) is 0. The van der Waals surface area contributed by atoms with Crippen molar-refractivity contribution in [2.45, 2.75) is 39.5 Å². The van der Waals surface area contributed by atoms with E-state index >= 15 is 0 Å². The van der Waals surface area contributed by atoms with E-state index in [0.29, 0.717) is 0 Å². The van der Waals surface area contributed by atoms with Gasteiger partial charge in [0.15, 0.2) is 0 Å². The first-order chi connectivity index (χ1) is 5.79. The van der Waals surface area contributed by atoms with Gasteiger partial charge in [-0.2, -0.15) is 0 Å². The molecule has 1 rings (SSSR count). The third kappa shape index (κ3) is 3.74. The average molecular weight is 168 g/mol. The van der Waals surface area contributed by atoms with E-state index in [-0.39, 0.29) is 0 Å². The lowest BCUT2D eigenvalue weighted by molar-refractivity contribution is 0.571. The first-order valence-electron chi connectivity index (χ1n) is 5.06. The van der Waals surface area contributed by atoms with Crippen molar-refractivity contribution in [3.8, 4) is 0 Å². The predicted molar refractivity (Wildman–Crippen MR) is 53.6 cm³/mol. The van der Waals surface area contributed by atoms with Crippen molar-refractivity contribution < 1.29 is 0 Å². The van der Waals surface area contributed by atoms with Crippen LogP contribution in [0.4, 0.5) is 0 Å². The molecule has 12 heavy (non-hydrogen) atoms. The van der Waals surface area contributed by atoms with Crippen molar-refractivity contribution >= 4 is 5.84 Å². The highest BCUT2D eigenvalue weighted by molar-refractivity contribution is 5.82. The van der Waals surface area contributed by atoms with Gasteiger partial charge < -0.3 is 5.32 Å². The molecule has 2 heteroatoms. The third-order valence-electron chi connectivity index (χ3n) is 2.18. The maximum Gasteiger partial charge on any atom is 0.0963 e. The van der Waals surface area contributed by atoms with E-state index in [0.717, 1.165) is 25.4 Å². The summed E-state index contributed by atoms with van der Waals surface area (Å²) in [6, 6.07) is 0. The normalized spacial score (nSPS) is 17.8. The van der Waals surface area contributed by atoms with Crippen LogP contribution < -0.4 is 5.32 Å². The molecule has 0 aromatic rings. The molecule has 0 saturated carbocycles. The standard InChI is InChI=1S/C10H20N2/c1-9(2)6-8-12-10-5-3-4-7-11-10/h9H,3-8H2,1-2H3,(H,11,12). The highest BCUT2D eigenvalue weighted by atomic mass is 15.0. The number of rotatable bonds is 3. The Morgan fingerprint density at radius 2 is 2.25 bits per heavy atom. The molecule has 0 aliphatic carbocycles. The van der Waals surface area contributed by atoms with E-state index in [1.165, 1.54) is 25.1 Å². The molecule has 0 bridgehead atoms. The van der Waals surface area contributed by atoms with Crippen molar-refractivity contribution in [3.63, 3.8) is 0 Å². The van der Waals surface area contributed by atoms with Crippen LogP contribution in [0.25, 0.3) is 0 Å². The lowest BCUT2D eigenvalue weighted by Crippen LogP contribution is -2.27. The Balaban J connectivity index is 2.09. The summed E-state index contributed by atoms with van der Waals surface area (Å²) in [6.45, 7) is 6.63. The summed E-state index contributed by atoms with van der Waals surface area (Å²) in [4.78, 5) is 4.43. The zero-order valence-corrected chi connectivity index (χ0v) is 8.27. The molecule has 1 N–H and O–H groups in total. The molecule has 0 unspecified atom stereocenters. The summed E-state index contributed by atoms with van der Waals surface area (Å²) in [5.74, 6) is 2.03. The smallest absolute Gasteiger partial charge is 0.0963 e. The monoisotopic (exact) mass is 168 g/mol. The maximum absolute atomic E-state index is 4.43. The number of hydrogen-bond acceptors (Lipinski definition) is 2. The molecule has 70 valence electrons. The van der Waals surface area contributed by atoms with Gasteiger partial charge in [0.25, 0.3) is 0 Å². The summed E-state index contributed by atoms with van der Waals surface area (Å²) in [5.41, 5.74) is 0. The highest BCUT2D eigenvalue weighted by Crippen LogP contribution is 2.04. The Bertz CT molecular complexity index is 150. The Morgan fingerprint density at radius 1 is 1.42 bits per heavy atom. The predicted octanol–water partition coefficient (Wildman–Crippen LogP) is 2.20. The fourth-order valence-electron chi connectivity index (χ4n) is 1.35. The zero-order valence-electron chi connectivity index (χ0n) is 8.27. The van der Waals surface area contributed by atoms with E-state index in [4.69, 9.17) is 0 Å². The van der Waals surface area contributed by atoms with Gasteiger partial charge in [-0.15, -0.1) is 0 Å². The van der Waals surface area contributed by atoms with Gasteiger partial charge in [0.1, 0.15) is 0 Å². The van der Waals surface area contributed by atoms with Crippen LogP contribution in [0.3, 0.4) is 0 Å². The molecular weight excluding hydrogens is 148 g/mol. The summed E-state index contributed by atoms with van der Waals surface area (Å²) >= 11 is 0. The molecule has 0 saturated heterocycles. The zero-order chi connectivity index (χ0) is 8.81. The molecular formula is C10H20N2. The van der Waals surface area contributed by atoms with Gasteiger partial charge in [-0.3, -0.25) is 4.99 Å². The van der Waals surface area contributed by atoms with Gasteiger partial charge in [-0.1, -0.05) is 13.8 Å². The number of aliphatic imine (C=N–C) groups is 1. The van der Waals surface area contributed by atoms with Crippen LogP contribution in [0.2, 0.25) is 0 Å². The Hall–Kier alpha value is -0.530. The molecule has 0 spiro atoms. The summed E-state index contributed by atoms with van der Waals surface area (Å²) in [5, 5.41) is 3.40. The van der Waals surface area contributed by atoms with Crippen LogP contribution in [0.15, 0.2) is 4.99 Å². The molecule has 1 heterocycles. The molecule has 1 aliphatic rings. The quantitative estimate of drug-likeness (QED) is 0.686. The van der Waals surface area contributed by atoms with Crippen molar-refractivity contribution in [2.75, 3.05) is 13.1 Å². The van der Waals surface area contributed by atoms with Crippen LogP contribution in [0, 0.1) is 5.92 Å². The van der Waals surface area contributed by atoms with E-state index in [1.54, 1.807) is 0 Å². The van der Waals surface area contributed by atoms with Gasteiger partial charge in [0.2, 0.25) is 0 Å². The molecule has 0 radical (unpaired) electrons. The molecule has 0 fully saturated rings. The average Bonchev–Trinajstić information content (AvgIpc) is 2.05. The van der Waals surface area contributed by atoms with E-state index < -0.39 is 0 Å². The fourth-order valence-corrected chi connectivity index (χ4v) is 1.35. The summed E-state index contributed by atoms with van der Waals surface area (Å²) in [6.07, 6.45) is 5.00. The van der Waals surface area contributed by atoms with Crippen molar-refractivity contribution in [2.24, 2.45) is 10.9 Å². The van der Waals surface area contributed by atoms with Crippen molar-refractivity contribution in [1.82, 2.24) is 5.32 Å². The van der Waals surface area contributed by atoms with Gasteiger partial charge in [-0.25, -0.2) is 0 Å². The largest absolute Gasteiger partial charge is 0.374 e. The van der Waals surface area contributed by atoms with Crippen LogP contribution in [-0.2, 0) is 0 Å². The Morgan fingerprint density at radius 3 is 2.83 bits per heavy atom. The molecule has 0 amide bonds. The topological polar surface area (TPSA) is 24.4 Å². The third-order valence-corrected chi connectivity index (χ3v) is 2.18. The first-order valence-corrected chi connectivity index (χ1v) is 5.06. The Labute approximate surface area is 75.5 Å². The van der Waals surface area contributed by atoms with Crippen molar-refractivity contribution in [1.29, 1.82) is 0 Å². The van der Waals surface area contributed by atoms with E-state index in [1.807, 2.05) is 0 Å². The first kappa shape index (κ1) is 9.56. The number of nitrogens with zero attached hydrogens (tertiary/aromatic N) is 1. The fraction of sp³-hybridized carbons (Fsp3) is 0.900. The van der Waals surface area contributed by atoms with Crippen LogP contribution >= 0.6 is 0 Å². The van der Waals surface area contributed by atoms with Gasteiger partial charge >= 0.3 is 0 Å². The lowest BCUT2D eigenvalue weighted by atomic mass is 10.1. The van der Waals surface area contributed by atoms with Crippen molar-refractivity contribution in [3.05, 3.63) is 0 Å². The minimum atomic E-state index is 0.793. The molecule has 1 aliphatic heterocycles. The summed E-state index contributed by atoms with van der Waals surface area (Å²) < 4.78 is 0. The lowest BCUT2D eigenvalue weighted by Gasteiger charge is -2.14. The number of nitrogens with one attached hydrogen (secondary N) is 1. The highest BCUT2D eigenvalue weighted by Gasteiger charge is 2.03. The molecule has 0 atom stereocenters. The van der Waals surface area contributed by atoms with Crippen LogP contribution in [0.5, 0.6) is 0 Å². The van der Waals surface area contributed by atoms with Gasteiger partial charge in [-0.05, 0) is 25.2 Å². The van der Waals surface area contributed by atoms with Crippen LogP contribution in [0.1, 0.15) is 39.5 Å². The van der Waals surface area contributed by atoms with Gasteiger partial charge in [0, 0.05) is 19.5 Å². The molecule has 0 aromatic heterocycles. The minimum Gasteiger partial charge on any atom is -0.374 e. The minimum absolute atomic E-state index is 0.793. The molecule has 0 aromatic carbocycles. The van der Waals surface area contributed by atoms with E-state index in [9.17, 15) is 0 Å². The Kier molecular flexibility index (Phi) is 4.12. The van der Waals surface area contributed by atoms with Crippen LogP contribution in [-0.4, -0.2) is 18.9 Å². The van der Waals surface area contributed by atoms with Gasteiger partial charge in [0.05, 0.1) is 5.84 Å².